The molecular formula is C17H12N6O3. The average molecular weight is 348 g/mol. The summed E-state index contributed by atoms with van der Waals surface area (Å²) in [5.74, 6) is -0.374. The minimum atomic E-state index is -0.471. The van der Waals surface area contributed by atoms with E-state index in [-0.39, 0.29) is 17.3 Å². The number of nitro benzene ring substituents is 1. The van der Waals surface area contributed by atoms with E-state index in [0.717, 1.165) is 5.52 Å². The Labute approximate surface area is 146 Å². The van der Waals surface area contributed by atoms with E-state index < -0.39 is 4.92 Å². The van der Waals surface area contributed by atoms with Crippen LogP contribution in [0.5, 0.6) is 0 Å². The summed E-state index contributed by atoms with van der Waals surface area (Å²) in [5, 5.41) is 17.7. The van der Waals surface area contributed by atoms with Crippen LogP contribution in [0.4, 0.5) is 11.4 Å². The molecule has 0 unspecified atom stereocenters. The van der Waals surface area contributed by atoms with Crippen LogP contribution in [0.3, 0.4) is 0 Å². The number of nitrogens with zero attached hydrogens (tertiary/aromatic N) is 4. The number of non-ortho nitro benzene ring substituents is 1. The lowest BCUT2D eigenvalue weighted by Crippen LogP contribution is -2.13. The quantitative estimate of drug-likeness (QED) is 0.434. The third-order valence-electron chi connectivity index (χ3n) is 3.84. The Morgan fingerprint density at radius 2 is 1.96 bits per heavy atom. The van der Waals surface area contributed by atoms with Crippen LogP contribution in [-0.2, 0) is 0 Å². The third-order valence-corrected chi connectivity index (χ3v) is 3.84. The van der Waals surface area contributed by atoms with Crippen molar-refractivity contribution in [2.24, 2.45) is 0 Å². The zero-order chi connectivity index (χ0) is 18.1. The van der Waals surface area contributed by atoms with Gasteiger partial charge in [0.1, 0.15) is 5.52 Å². The maximum atomic E-state index is 12.5. The first-order chi connectivity index (χ1) is 12.6. The van der Waals surface area contributed by atoms with Crippen LogP contribution in [0, 0.1) is 10.1 Å². The number of imidazole rings is 1. The van der Waals surface area contributed by atoms with Gasteiger partial charge in [-0.15, -0.1) is 0 Å². The number of nitrogens with one attached hydrogen (secondary N) is 2. The van der Waals surface area contributed by atoms with E-state index in [4.69, 9.17) is 0 Å². The van der Waals surface area contributed by atoms with Gasteiger partial charge in [0.25, 0.3) is 11.6 Å². The van der Waals surface area contributed by atoms with Crippen LogP contribution < -0.4 is 5.32 Å². The van der Waals surface area contributed by atoms with E-state index >= 15 is 0 Å². The Kier molecular flexibility index (Phi) is 3.66. The largest absolute Gasteiger partial charge is 0.345 e. The highest BCUT2D eigenvalue weighted by Gasteiger charge is 2.13. The third kappa shape index (κ3) is 2.77. The SMILES string of the molecule is O=C(Nc1cccc2[nH]cnc12)c1ccn(-c2ccc([N+](=O)[O-])cc2)n1. The number of benzene rings is 2. The fourth-order valence-electron chi connectivity index (χ4n) is 2.57. The standard InChI is InChI=1S/C17H12N6O3/c24-17(20-14-3-1-2-13-16(14)19-10-18-13)15-8-9-22(21-15)11-4-6-12(7-5-11)23(25)26/h1-10H,(H,18,19)(H,20,24). The maximum absolute atomic E-state index is 12.5. The molecule has 4 aromatic rings. The molecule has 9 nitrogen and oxygen atoms in total. The predicted molar refractivity (Wildman–Crippen MR) is 94.3 cm³/mol. The lowest BCUT2D eigenvalue weighted by atomic mass is 10.2. The maximum Gasteiger partial charge on any atom is 0.276 e. The highest BCUT2D eigenvalue weighted by Crippen LogP contribution is 2.20. The lowest BCUT2D eigenvalue weighted by Gasteiger charge is -2.04. The molecule has 0 atom stereocenters. The van der Waals surface area contributed by atoms with Crippen molar-refractivity contribution in [3.63, 3.8) is 0 Å². The van der Waals surface area contributed by atoms with Gasteiger partial charge in [-0.1, -0.05) is 6.07 Å². The number of aromatic amines is 1. The zero-order valence-electron chi connectivity index (χ0n) is 13.3. The van der Waals surface area contributed by atoms with Crippen molar-refractivity contribution >= 4 is 28.3 Å². The van der Waals surface area contributed by atoms with Crippen LogP contribution in [0.1, 0.15) is 10.5 Å². The van der Waals surface area contributed by atoms with E-state index in [0.29, 0.717) is 16.9 Å². The molecule has 0 radical (unpaired) electrons. The number of para-hydroxylation sites is 1. The second-order valence-electron chi connectivity index (χ2n) is 5.48. The summed E-state index contributed by atoms with van der Waals surface area (Å²) < 4.78 is 1.48. The molecule has 2 N–H and O–H groups in total. The molecule has 0 saturated carbocycles. The van der Waals surface area contributed by atoms with Crippen molar-refractivity contribution in [1.29, 1.82) is 0 Å². The monoisotopic (exact) mass is 348 g/mol. The second kappa shape index (κ2) is 6.13. The minimum Gasteiger partial charge on any atom is -0.345 e. The number of hydrogen-bond donors (Lipinski definition) is 2. The van der Waals surface area contributed by atoms with Gasteiger partial charge < -0.3 is 10.3 Å². The highest BCUT2D eigenvalue weighted by molar-refractivity contribution is 6.06. The molecule has 0 saturated heterocycles. The number of nitro groups is 1. The average Bonchev–Trinajstić information content (AvgIpc) is 3.32. The molecular weight excluding hydrogens is 336 g/mol. The van der Waals surface area contributed by atoms with Crippen LogP contribution in [0.25, 0.3) is 16.7 Å². The number of fused-ring (bicyclic) bond motifs is 1. The smallest absolute Gasteiger partial charge is 0.276 e. The first kappa shape index (κ1) is 15.5. The van der Waals surface area contributed by atoms with Crippen LogP contribution in [0.2, 0.25) is 0 Å². The molecule has 2 aromatic heterocycles. The summed E-state index contributed by atoms with van der Waals surface area (Å²) >= 11 is 0. The molecule has 9 heteroatoms. The molecule has 26 heavy (non-hydrogen) atoms. The Hall–Kier alpha value is -4.01. The van der Waals surface area contributed by atoms with Crippen molar-refractivity contribution < 1.29 is 9.72 Å². The Morgan fingerprint density at radius 3 is 2.73 bits per heavy atom. The van der Waals surface area contributed by atoms with Crippen molar-refractivity contribution in [3.05, 3.63) is 76.9 Å². The number of rotatable bonds is 4. The number of anilines is 1. The van der Waals surface area contributed by atoms with Crippen LogP contribution in [0.15, 0.2) is 61.1 Å². The molecule has 0 aliphatic heterocycles. The molecule has 0 fully saturated rings. The Bertz CT molecular complexity index is 1110. The van der Waals surface area contributed by atoms with E-state index in [1.807, 2.05) is 12.1 Å². The van der Waals surface area contributed by atoms with Gasteiger partial charge in [0.2, 0.25) is 0 Å². The summed E-state index contributed by atoms with van der Waals surface area (Å²) in [6.07, 6.45) is 3.18. The minimum absolute atomic E-state index is 0.00836. The predicted octanol–water partition coefficient (Wildman–Crippen LogP) is 2.91. The van der Waals surface area contributed by atoms with E-state index in [9.17, 15) is 14.9 Å². The summed E-state index contributed by atoms with van der Waals surface area (Å²) in [6, 6.07) is 12.9. The number of hydrogen-bond acceptors (Lipinski definition) is 5. The van der Waals surface area contributed by atoms with Crippen LogP contribution >= 0.6 is 0 Å². The lowest BCUT2D eigenvalue weighted by molar-refractivity contribution is -0.384. The summed E-state index contributed by atoms with van der Waals surface area (Å²) in [6.45, 7) is 0. The fraction of sp³-hybridized carbons (Fsp3) is 0. The zero-order valence-corrected chi connectivity index (χ0v) is 13.3. The number of aromatic nitrogens is 4. The molecule has 0 bridgehead atoms. The molecule has 4 rings (SSSR count). The molecule has 0 aliphatic rings. The van der Waals surface area contributed by atoms with Gasteiger partial charge in [-0.3, -0.25) is 14.9 Å². The van der Waals surface area contributed by atoms with Crippen molar-refractivity contribution in [1.82, 2.24) is 19.7 Å². The normalized spacial score (nSPS) is 10.8. The van der Waals surface area contributed by atoms with Crippen molar-refractivity contribution in [2.75, 3.05) is 5.32 Å². The molecule has 2 aromatic carbocycles. The topological polar surface area (TPSA) is 119 Å². The summed E-state index contributed by atoms with van der Waals surface area (Å²) in [7, 11) is 0. The molecule has 0 spiro atoms. The van der Waals surface area contributed by atoms with Gasteiger partial charge >= 0.3 is 0 Å². The van der Waals surface area contributed by atoms with Gasteiger partial charge in [0.15, 0.2) is 5.69 Å². The van der Waals surface area contributed by atoms with Gasteiger partial charge in [-0.25, -0.2) is 9.67 Å². The molecule has 2 heterocycles. The Morgan fingerprint density at radius 1 is 1.15 bits per heavy atom. The molecule has 1 amide bonds. The van der Waals surface area contributed by atoms with Gasteiger partial charge in [0, 0.05) is 18.3 Å². The number of carbonyl (C=O) groups is 1. The Balaban J connectivity index is 1.56. The van der Waals surface area contributed by atoms with E-state index in [1.165, 1.54) is 16.8 Å². The van der Waals surface area contributed by atoms with E-state index in [1.54, 1.807) is 36.8 Å². The van der Waals surface area contributed by atoms with Gasteiger partial charge in [-0.05, 0) is 30.3 Å². The first-order valence-electron chi connectivity index (χ1n) is 7.66. The highest BCUT2D eigenvalue weighted by atomic mass is 16.6. The van der Waals surface area contributed by atoms with Crippen molar-refractivity contribution in [3.8, 4) is 5.69 Å². The number of H-pyrrole nitrogens is 1. The molecule has 0 aliphatic carbocycles. The van der Waals surface area contributed by atoms with Crippen LogP contribution in [-0.4, -0.2) is 30.6 Å². The fourth-order valence-corrected chi connectivity index (χ4v) is 2.57. The van der Waals surface area contributed by atoms with E-state index in [2.05, 4.69) is 20.4 Å². The van der Waals surface area contributed by atoms with Gasteiger partial charge in [-0.2, -0.15) is 5.10 Å². The number of amides is 1. The summed E-state index contributed by atoms with van der Waals surface area (Å²) in [4.78, 5) is 29.9. The number of carbonyl (C=O) groups excluding carboxylic acids is 1. The first-order valence-corrected chi connectivity index (χ1v) is 7.66. The summed E-state index contributed by atoms with van der Waals surface area (Å²) in [5.41, 5.74) is 2.89. The molecule has 128 valence electrons. The van der Waals surface area contributed by atoms with Gasteiger partial charge in [0.05, 0.1) is 28.1 Å². The second-order valence-corrected chi connectivity index (χ2v) is 5.48. The van der Waals surface area contributed by atoms with Crippen molar-refractivity contribution in [2.45, 2.75) is 0 Å².